The molecule has 0 bridgehead atoms. The summed E-state index contributed by atoms with van der Waals surface area (Å²) in [6.07, 6.45) is 5.72. The number of furan rings is 2. The lowest BCUT2D eigenvalue weighted by Gasteiger charge is -2.34. The zero-order valence-electron chi connectivity index (χ0n) is 62.7. The van der Waals surface area contributed by atoms with Gasteiger partial charge in [0.15, 0.2) is 11.6 Å². The molecule has 1 saturated carbocycles. The first-order chi connectivity index (χ1) is 52.4. The summed E-state index contributed by atoms with van der Waals surface area (Å²) < 4.78 is 106. The van der Waals surface area contributed by atoms with Gasteiger partial charge in [-0.3, -0.25) is 27.8 Å². The van der Waals surface area contributed by atoms with Gasteiger partial charge in [-0.05, 0) is 171 Å². The molecule has 110 heavy (non-hydrogen) atoms. The number of pyridine rings is 2. The molecular formula is C87H85BrF2N6O12S2. The SMILES string of the molecule is CNC(=O)c1c(-c2ccc(F)cc2)oc2cc(N(C)S(C)(=O)=O)c(-c3ccc(OCc4ccccc4)c(C(=O)CCc4ccccc4)n3)cc12.CNC(=O)c1c(-c2ccc(F)cc2)oc2cc(N(C)S(C)(=O)=O)c(C3CC(C)(C)C(C)(C)C3)cc12.O=C(CCc1ccccc1)c1nc(Br)ccc1OCc1ccccc1. The molecule has 0 unspecified atom stereocenters. The zero-order valence-corrected chi connectivity index (χ0v) is 65.9. The van der Waals surface area contributed by atoms with E-state index in [1.165, 1.54) is 74.2 Å². The summed E-state index contributed by atoms with van der Waals surface area (Å²) in [5.74, 6) is -0.523. The summed E-state index contributed by atoms with van der Waals surface area (Å²) in [6.45, 7) is 9.57. The minimum absolute atomic E-state index is 0.0202. The minimum atomic E-state index is -3.80. The molecule has 4 aromatic heterocycles. The summed E-state index contributed by atoms with van der Waals surface area (Å²) in [5, 5.41) is 6.28. The van der Waals surface area contributed by atoms with Crippen molar-refractivity contribution in [3.05, 3.63) is 285 Å². The van der Waals surface area contributed by atoms with E-state index in [4.69, 9.17) is 23.3 Å². The lowest BCUT2D eigenvalue weighted by molar-refractivity contribution is 0.0956. The highest BCUT2D eigenvalue weighted by Crippen LogP contribution is 2.59. The van der Waals surface area contributed by atoms with Crippen molar-refractivity contribution in [2.45, 2.75) is 85.4 Å². The van der Waals surface area contributed by atoms with E-state index in [0.29, 0.717) is 92.0 Å². The molecule has 0 atom stereocenters. The van der Waals surface area contributed by atoms with Gasteiger partial charge in [0.05, 0.1) is 40.7 Å². The summed E-state index contributed by atoms with van der Waals surface area (Å²) in [5.41, 5.74) is 9.02. The number of fused-ring (bicyclic) bond motifs is 2. The second-order valence-corrected chi connectivity index (χ2v) is 33.1. The maximum Gasteiger partial charge on any atom is 0.255 e. The van der Waals surface area contributed by atoms with Crippen LogP contribution in [0.4, 0.5) is 20.2 Å². The van der Waals surface area contributed by atoms with E-state index < -0.39 is 37.6 Å². The maximum absolute atomic E-state index is 13.8. The van der Waals surface area contributed by atoms with E-state index in [9.17, 15) is 44.8 Å². The van der Waals surface area contributed by atoms with Crippen LogP contribution in [0.15, 0.2) is 232 Å². The highest BCUT2D eigenvalue weighted by Gasteiger charge is 2.48. The number of rotatable bonds is 24. The third-order valence-electron chi connectivity index (χ3n) is 20.2. The molecule has 0 aliphatic heterocycles. The van der Waals surface area contributed by atoms with Crippen molar-refractivity contribution in [3.8, 4) is 45.4 Å². The first-order valence-electron chi connectivity index (χ1n) is 35.6. The first kappa shape index (κ1) is 79.9. The van der Waals surface area contributed by atoms with Gasteiger partial charge < -0.3 is 28.9 Å². The predicted octanol–water partition coefficient (Wildman–Crippen LogP) is 18.6. The van der Waals surface area contributed by atoms with Crippen LogP contribution in [0.5, 0.6) is 11.5 Å². The first-order valence-corrected chi connectivity index (χ1v) is 40.1. The fourth-order valence-corrected chi connectivity index (χ4v) is 14.6. The number of halogens is 3. The molecule has 23 heteroatoms. The Hall–Kier alpha value is -11.1. The number of nitrogens with zero attached hydrogens (tertiary/aromatic N) is 4. The number of ketones is 2. The Kier molecular flexibility index (Phi) is 24.8. The molecule has 13 rings (SSSR count). The van der Waals surface area contributed by atoms with E-state index in [-0.39, 0.29) is 87.0 Å². The number of carbonyl (C=O) groups excluding carboxylic acids is 4. The topological polar surface area (TPSA) is 238 Å². The van der Waals surface area contributed by atoms with Crippen molar-refractivity contribution in [2.75, 3.05) is 49.3 Å². The van der Waals surface area contributed by atoms with E-state index >= 15 is 0 Å². The molecule has 0 radical (unpaired) electrons. The van der Waals surface area contributed by atoms with Crippen LogP contribution in [0.2, 0.25) is 0 Å². The molecule has 2 amide bonds. The number of sulfonamides is 2. The van der Waals surface area contributed by atoms with Gasteiger partial charge in [0.25, 0.3) is 11.8 Å². The number of anilines is 2. The van der Waals surface area contributed by atoms with Gasteiger partial charge in [0.2, 0.25) is 20.0 Å². The minimum Gasteiger partial charge on any atom is -0.487 e. The quantitative estimate of drug-likeness (QED) is 0.0423. The van der Waals surface area contributed by atoms with Crippen molar-refractivity contribution in [3.63, 3.8) is 0 Å². The fraction of sp³-hybridized carbons (Fsp3) is 0.241. The molecule has 18 nitrogen and oxygen atoms in total. The summed E-state index contributed by atoms with van der Waals surface area (Å²) >= 11 is 3.34. The Morgan fingerprint density at radius 2 is 0.891 bits per heavy atom. The Bertz CT molecular complexity index is 5560. The Labute approximate surface area is 648 Å². The Morgan fingerprint density at radius 3 is 1.31 bits per heavy atom. The van der Waals surface area contributed by atoms with Gasteiger partial charge in [0.1, 0.15) is 75.0 Å². The van der Waals surface area contributed by atoms with Crippen molar-refractivity contribution < 1.29 is 63.1 Å². The molecule has 2 N–H and O–H groups in total. The molecular weight excluding hydrogens is 1500 g/mol. The lowest BCUT2D eigenvalue weighted by atomic mass is 9.71. The lowest BCUT2D eigenvalue weighted by Crippen LogP contribution is -2.26. The molecule has 4 heterocycles. The van der Waals surface area contributed by atoms with Gasteiger partial charge >= 0.3 is 0 Å². The number of hydrogen-bond acceptors (Lipinski definition) is 14. The highest BCUT2D eigenvalue weighted by molar-refractivity contribution is 9.10. The van der Waals surface area contributed by atoms with Crippen LogP contribution in [-0.2, 0) is 46.1 Å². The molecule has 0 saturated heterocycles. The van der Waals surface area contributed by atoms with Crippen LogP contribution in [0.1, 0.15) is 129 Å². The molecule has 12 aromatic rings. The van der Waals surface area contributed by atoms with Crippen molar-refractivity contribution in [1.82, 2.24) is 20.6 Å². The standard InChI is InChI=1S/C39H34FN3O6S.C27H33FN2O4S.C21H18BrNO2/c1-41-39(45)36-30-22-29(32(43(2)50(3,46)47)23-35(30)49-38(36)27-15-17-28(40)18-16-27)31-19-21-34(48-24-26-12-8-5-9-13-26)37(42-31)33(44)20-14-25-10-6-4-7-11-25;1-26(2)14-17(15-27(26,3)4)19-12-20-22(13-21(19)30(6)35(7,32)33)34-24(23(20)25(31)29-5)16-8-10-18(28)11-9-16;22-20-14-13-19(25-15-17-9-5-2-6-10-17)21(23-20)18(24)12-11-16-7-3-1-4-8-16/h4-13,15-19,21-23H,14,20,24H2,1-3H3,(H,41,45);8-13,17H,14-15H2,1-7H3,(H,29,31);1-10,13-14H,11-12,15H2. The number of aromatic nitrogens is 2. The normalized spacial score (nSPS) is 13.1. The summed E-state index contributed by atoms with van der Waals surface area (Å²) in [7, 11) is -1.39. The molecule has 1 aliphatic carbocycles. The van der Waals surface area contributed by atoms with Crippen LogP contribution < -0.4 is 28.7 Å². The molecule has 1 aliphatic rings. The van der Waals surface area contributed by atoms with E-state index in [1.54, 1.807) is 55.6 Å². The third kappa shape index (κ3) is 18.8. The average molecular weight is 1590 g/mol. The van der Waals surface area contributed by atoms with Crippen LogP contribution in [0.3, 0.4) is 0 Å². The van der Waals surface area contributed by atoms with Crippen LogP contribution in [-0.4, -0.2) is 90.9 Å². The third-order valence-corrected chi connectivity index (χ3v) is 23.0. The zero-order chi connectivity index (χ0) is 78.8. The van der Waals surface area contributed by atoms with Crippen LogP contribution in [0.25, 0.3) is 55.8 Å². The number of carbonyl (C=O) groups is 4. The average Bonchev–Trinajstić information content (AvgIpc) is 1.53. The van der Waals surface area contributed by atoms with Crippen LogP contribution in [0, 0.1) is 22.5 Å². The van der Waals surface area contributed by atoms with Crippen molar-refractivity contribution in [1.29, 1.82) is 0 Å². The number of amides is 2. The summed E-state index contributed by atoms with van der Waals surface area (Å²) in [6, 6.07) is 63.9. The number of Topliss-reactive ketones (excluding diaryl/α,β-unsaturated/α-hetero) is 2. The Balaban J connectivity index is 0.000000174. The molecule has 0 spiro atoms. The number of aryl methyl sites for hydroxylation is 2. The van der Waals surface area contributed by atoms with Gasteiger partial charge in [-0.15, -0.1) is 0 Å². The number of nitrogens with one attached hydrogen (secondary N) is 2. The predicted molar refractivity (Wildman–Crippen MR) is 431 cm³/mol. The highest BCUT2D eigenvalue weighted by atomic mass is 79.9. The van der Waals surface area contributed by atoms with E-state index in [0.717, 1.165) is 51.2 Å². The van der Waals surface area contributed by atoms with Gasteiger partial charge in [-0.1, -0.05) is 149 Å². The number of hydrogen-bond donors (Lipinski definition) is 2. The smallest absolute Gasteiger partial charge is 0.255 e. The number of ether oxygens (including phenoxy) is 2. The van der Waals surface area contributed by atoms with Gasteiger partial charge in [-0.25, -0.2) is 35.6 Å². The van der Waals surface area contributed by atoms with Crippen molar-refractivity contribution in [2.24, 2.45) is 10.8 Å². The fourth-order valence-electron chi connectivity index (χ4n) is 13.3. The maximum atomic E-state index is 13.8. The summed E-state index contributed by atoms with van der Waals surface area (Å²) in [4.78, 5) is 62.0. The van der Waals surface area contributed by atoms with E-state index in [2.05, 4.69) is 59.2 Å². The van der Waals surface area contributed by atoms with Crippen molar-refractivity contribution >= 4 is 92.7 Å². The second-order valence-electron chi connectivity index (χ2n) is 28.3. The second kappa shape index (κ2) is 34.2. The molecule has 568 valence electrons. The Morgan fingerprint density at radius 1 is 0.509 bits per heavy atom. The van der Waals surface area contributed by atoms with E-state index in [1.807, 2.05) is 127 Å². The monoisotopic (exact) mass is 1590 g/mol. The van der Waals surface area contributed by atoms with Crippen LogP contribution >= 0.6 is 15.9 Å². The largest absolute Gasteiger partial charge is 0.487 e. The van der Waals surface area contributed by atoms with Gasteiger partial charge in [0, 0.05) is 80.6 Å². The molecule has 1 fully saturated rings. The molecule has 8 aromatic carbocycles. The number of benzene rings is 8. The van der Waals surface area contributed by atoms with Gasteiger partial charge in [-0.2, -0.15) is 0 Å².